The van der Waals surface area contributed by atoms with Crippen LogP contribution in [0.2, 0.25) is 5.02 Å². The summed E-state index contributed by atoms with van der Waals surface area (Å²) >= 11 is 6.06. The molecule has 4 heteroatoms. The minimum Gasteiger partial charge on any atom is -0.478 e. The van der Waals surface area contributed by atoms with Crippen LogP contribution in [0, 0.1) is 6.92 Å². The van der Waals surface area contributed by atoms with E-state index in [2.05, 4.69) is 5.32 Å². The molecule has 0 spiro atoms. The highest BCUT2D eigenvalue weighted by atomic mass is 35.5. The quantitative estimate of drug-likeness (QED) is 0.636. The van der Waals surface area contributed by atoms with Crippen LogP contribution < -0.4 is 5.32 Å². The predicted octanol–water partition coefficient (Wildman–Crippen LogP) is 5.76. The molecule has 0 fully saturated rings. The van der Waals surface area contributed by atoms with Gasteiger partial charge in [0.15, 0.2) is 0 Å². The molecule has 120 valence electrons. The number of aryl methyl sites for hydroxylation is 1. The molecule has 0 aliphatic heterocycles. The highest BCUT2D eigenvalue weighted by Gasteiger charge is 2.12. The lowest BCUT2D eigenvalue weighted by Crippen LogP contribution is -2.03. The van der Waals surface area contributed by atoms with Crippen LogP contribution in [0.3, 0.4) is 0 Å². The number of carbonyl (C=O) groups is 1. The normalized spacial score (nSPS) is 10.4. The molecule has 0 aliphatic carbocycles. The monoisotopic (exact) mass is 337 g/mol. The highest BCUT2D eigenvalue weighted by molar-refractivity contribution is 6.30. The van der Waals surface area contributed by atoms with Gasteiger partial charge in [0.05, 0.1) is 11.3 Å². The van der Waals surface area contributed by atoms with Crippen LogP contribution in [0.1, 0.15) is 15.9 Å². The van der Waals surface area contributed by atoms with E-state index in [9.17, 15) is 9.90 Å². The maximum atomic E-state index is 11.5. The Morgan fingerprint density at radius 3 is 2.38 bits per heavy atom. The number of benzene rings is 3. The summed E-state index contributed by atoms with van der Waals surface area (Å²) in [5.74, 6) is -0.969. The van der Waals surface area contributed by atoms with E-state index in [1.54, 1.807) is 12.1 Å². The van der Waals surface area contributed by atoms with Crippen LogP contribution in [0.5, 0.6) is 0 Å². The van der Waals surface area contributed by atoms with Crippen molar-refractivity contribution in [2.24, 2.45) is 0 Å². The smallest absolute Gasteiger partial charge is 0.337 e. The molecule has 0 saturated heterocycles. The molecule has 0 radical (unpaired) electrons. The van der Waals surface area contributed by atoms with Crippen LogP contribution in [0.4, 0.5) is 11.4 Å². The van der Waals surface area contributed by atoms with Crippen molar-refractivity contribution in [1.29, 1.82) is 0 Å². The molecule has 3 aromatic rings. The van der Waals surface area contributed by atoms with Crippen molar-refractivity contribution in [3.05, 3.63) is 82.9 Å². The third-order valence-corrected chi connectivity index (χ3v) is 4.06. The first-order valence-corrected chi connectivity index (χ1v) is 7.88. The van der Waals surface area contributed by atoms with Crippen LogP contribution in [0.25, 0.3) is 11.1 Å². The van der Waals surface area contributed by atoms with Gasteiger partial charge in [-0.1, -0.05) is 48.0 Å². The molecular formula is C20H16ClNO2. The number of aromatic carboxylic acids is 1. The lowest BCUT2D eigenvalue weighted by molar-refractivity contribution is 0.0698. The van der Waals surface area contributed by atoms with Gasteiger partial charge in [0, 0.05) is 10.7 Å². The molecule has 3 aromatic carbocycles. The summed E-state index contributed by atoms with van der Waals surface area (Å²) in [5.41, 5.74) is 4.54. The standard InChI is InChI=1S/C20H16ClNO2/c1-13-5-2-3-8-18(13)22-19-12-15(9-10-17(19)20(23)24)14-6-4-7-16(21)11-14/h2-12,22H,1H3,(H,23,24). The number of para-hydroxylation sites is 1. The predicted molar refractivity (Wildman–Crippen MR) is 98.3 cm³/mol. The third-order valence-electron chi connectivity index (χ3n) is 3.82. The average Bonchev–Trinajstić information content (AvgIpc) is 2.56. The number of hydrogen-bond donors (Lipinski definition) is 2. The van der Waals surface area contributed by atoms with Crippen LogP contribution in [-0.4, -0.2) is 11.1 Å². The Hall–Kier alpha value is -2.78. The van der Waals surface area contributed by atoms with Gasteiger partial charge >= 0.3 is 5.97 Å². The number of nitrogens with one attached hydrogen (secondary N) is 1. The molecule has 3 rings (SSSR count). The molecule has 3 nitrogen and oxygen atoms in total. The third kappa shape index (κ3) is 3.42. The number of carboxylic acids is 1. The van der Waals surface area contributed by atoms with Gasteiger partial charge in [0.2, 0.25) is 0 Å². The van der Waals surface area contributed by atoms with Crippen molar-refractivity contribution in [2.45, 2.75) is 6.92 Å². The summed E-state index contributed by atoms with van der Waals surface area (Å²) in [5, 5.41) is 13.3. The Balaban J connectivity index is 2.07. The number of rotatable bonds is 4. The molecule has 0 aliphatic rings. The van der Waals surface area contributed by atoms with Gasteiger partial charge in [0.25, 0.3) is 0 Å². The minimum absolute atomic E-state index is 0.226. The van der Waals surface area contributed by atoms with Gasteiger partial charge in [-0.2, -0.15) is 0 Å². The number of carboxylic acid groups (broad SMARTS) is 1. The summed E-state index contributed by atoms with van der Waals surface area (Å²) in [6.45, 7) is 1.98. The number of halogens is 1. The fraction of sp³-hybridized carbons (Fsp3) is 0.0500. The second kappa shape index (κ2) is 6.77. The van der Waals surface area contributed by atoms with Gasteiger partial charge < -0.3 is 10.4 Å². The van der Waals surface area contributed by atoms with Gasteiger partial charge in [-0.05, 0) is 53.9 Å². The zero-order valence-corrected chi connectivity index (χ0v) is 13.8. The largest absolute Gasteiger partial charge is 0.478 e. The summed E-state index contributed by atoms with van der Waals surface area (Å²) in [4.78, 5) is 11.5. The average molecular weight is 338 g/mol. The van der Waals surface area contributed by atoms with Crippen molar-refractivity contribution < 1.29 is 9.90 Å². The number of hydrogen-bond acceptors (Lipinski definition) is 2. The van der Waals surface area contributed by atoms with Crippen LogP contribution in [0.15, 0.2) is 66.7 Å². The highest BCUT2D eigenvalue weighted by Crippen LogP contribution is 2.30. The maximum Gasteiger partial charge on any atom is 0.337 e. The molecule has 24 heavy (non-hydrogen) atoms. The minimum atomic E-state index is -0.969. The molecule has 0 atom stereocenters. The van der Waals surface area contributed by atoms with Gasteiger partial charge in [-0.15, -0.1) is 0 Å². The second-order valence-corrected chi connectivity index (χ2v) is 5.95. The van der Waals surface area contributed by atoms with Crippen molar-refractivity contribution in [2.75, 3.05) is 5.32 Å². The summed E-state index contributed by atoms with van der Waals surface area (Å²) < 4.78 is 0. The van der Waals surface area contributed by atoms with E-state index in [1.807, 2.05) is 61.5 Å². The topological polar surface area (TPSA) is 49.3 Å². The van der Waals surface area contributed by atoms with Crippen molar-refractivity contribution >= 4 is 28.9 Å². The van der Waals surface area contributed by atoms with E-state index >= 15 is 0 Å². The lowest BCUT2D eigenvalue weighted by atomic mass is 10.0. The van der Waals surface area contributed by atoms with E-state index in [1.165, 1.54) is 0 Å². The molecule has 2 N–H and O–H groups in total. The maximum absolute atomic E-state index is 11.5. The van der Waals surface area contributed by atoms with E-state index in [0.29, 0.717) is 10.7 Å². The van der Waals surface area contributed by atoms with E-state index < -0.39 is 5.97 Å². The zero-order chi connectivity index (χ0) is 17.1. The summed E-state index contributed by atoms with van der Waals surface area (Å²) in [6.07, 6.45) is 0. The second-order valence-electron chi connectivity index (χ2n) is 5.52. The molecule has 0 unspecified atom stereocenters. The Kier molecular flexibility index (Phi) is 4.54. The Bertz CT molecular complexity index is 906. The summed E-state index contributed by atoms with van der Waals surface area (Å²) in [6, 6.07) is 20.5. The van der Waals surface area contributed by atoms with Crippen molar-refractivity contribution in [3.63, 3.8) is 0 Å². The fourth-order valence-corrected chi connectivity index (χ4v) is 2.73. The molecule has 0 saturated carbocycles. The van der Waals surface area contributed by atoms with Crippen LogP contribution in [-0.2, 0) is 0 Å². The van der Waals surface area contributed by atoms with E-state index in [-0.39, 0.29) is 5.56 Å². The number of anilines is 2. The fourth-order valence-electron chi connectivity index (χ4n) is 2.54. The zero-order valence-electron chi connectivity index (χ0n) is 13.1. The van der Waals surface area contributed by atoms with E-state index in [4.69, 9.17) is 11.6 Å². The summed E-state index contributed by atoms with van der Waals surface area (Å²) in [7, 11) is 0. The van der Waals surface area contributed by atoms with Crippen molar-refractivity contribution in [3.8, 4) is 11.1 Å². The first-order valence-electron chi connectivity index (χ1n) is 7.50. The molecular weight excluding hydrogens is 322 g/mol. The molecule has 0 bridgehead atoms. The Morgan fingerprint density at radius 2 is 1.67 bits per heavy atom. The SMILES string of the molecule is Cc1ccccc1Nc1cc(-c2cccc(Cl)c2)ccc1C(=O)O. The van der Waals surface area contributed by atoms with Gasteiger partial charge in [-0.25, -0.2) is 4.79 Å². The Labute approximate surface area is 145 Å². The van der Waals surface area contributed by atoms with Gasteiger partial charge in [0.1, 0.15) is 0 Å². The first-order chi connectivity index (χ1) is 11.5. The van der Waals surface area contributed by atoms with E-state index in [0.717, 1.165) is 22.4 Å². The van der Waals surface area contributed by atoms with Gasteiger partial charge in [-0.3, -0.25) is 0 Å². The van der Waals surface area contributed by atoms with Crippen molar-refractivity contribution in [1.82, 2.24) is 0 Å². The van der Waals surface area contributed by atoms with Crippen LogP contribution >= 0.6 is 11.6 Å². The molecule has 0 amide bonds. The first kappa shape index (κ1) is 16.1. The molecule has 0 heterocycles. The Morgan fingerprint density at radius 1 is 0.917 bits per heavy atom. The lowest BCUT2D eigenvalue weighted by Gasteiger charge is -2.14. The molecule has 0 aromatic heterocycles.